The topological polar surface area (TPSA) is 85.8 Å². The highest BCUT2D eigenvalue weighted by Gasteiger charge is 2.07. The Hall–Kier alpha value is -1.96. The smallest absolute Gasteiger partial charge is 0.246 e. The summed E-state index contributed by atoms with van der Waals surface area (Å²) in [7, 11) is 0. The fourth-order valence-corrected chi connectivity index (χ4v) is 1.55. The van der Waals surface area contributed by atoms with Gasteiger partial charge in [-0.05, 0) is 34.1 Å². The number of benzene rings is 1. The van der Waals surface area contributed by atoms with E-state index in [1.54, 1.807) is 6.07 Å². The largest absolute Gasteiger partial charge is 0.367 e. The van der Waals surface area contributed by atoms with Crippen molar-refractivity contribution < 1.29 is 9.18 Å². The van der Waals surface area contributed by atoms with Crippen molar-refractivity contribution in [3.63, 3.8) is 0 Å². The number of hydrogen-bond acceptors (Lipinski definition) is 4. The van der Waals surface area contributed by atoms with Crippen molar-refractivity contribution in [2.24, 2.45) is 0 Å². The van der Waals surface area contributed by atoms with Gasteiger partial charge in [-0.25, -0.2) is 14.1 Å². The molecular weight excluding hydrogens is 305 g/mol. The summed E-state index contributed by atoms with van der Waals surface area (Å²) in [5, 5.41) is 6.30. The zero-order valence-electron chi connectivity index (χ0n) is 9.10. The van der Waals surface area contributed by atoms with Crippen LogP contribution in [0.4, 0.5) is 16.0 Å². The van der Waals surface area contributed by atoms with Crippen LogP contribution in [0, 0.1) is 5.82 Å². The van der Waals surface area contributed by atoms with Gasteiger partial charge in [0.2, 0.25) is 11.9 Å². The number of nitrogen functional groups attached to an aromatic ring is 1. The summed E-state index contributed by atoms with van der Waals surface area (Å²) < 4.78 is 14.8. The molecule has 0 radical (unpaired) electrons. The fourth-order valence-electron chi connectivity index (χ4n) is 1.31. The molecule has 0 atom stereocenters. The molecule has 2 rings (SSSR count). The van der Waals surface area contributed by atoms with Crippen LogP contribution in [0.3, 0.4) is 0 Å². The lowest BCUT2D eigenvalue weighted by atomic mass is 10.3. The fraction of sp³-hybridized carbons (Fsp3) is 0.100. The van der Waals surface area contributed by atoms with Crippen molar-refractivity contribution in [1.82, 2.24) is 14.8 Å². The van der Waals surface area contributed by atoms with E-state index in [0.717, 1.165) is 0 Å². The van der Waals surface area contributed by atoms with Crippen LogP contribution in [0.5, 0.6) is 0 Å². The van der Waals surface area contributed by atoms with E-state index in [0.29, 0.717) is 10.2 Å². The molecule has 18 heavy (non-hydrogen) atoms. The number of rotatable bonds is 3. The molecule has 6 nitrogen and oxygen atoms in total. The van der Waals surface area contributed by atoms with Crippen LogP contribution < -0.4 is 11.1 Å². The highest BCUT2D eigenvalue weighted by Crippen LogP contribution is 2.19. The van der Waals surface area contributed by atoms with Gasteiger partial charge in [0.15, 0.2) is 0 Å². The van der Waals surface area contributed by atoms with Crippen molar-refractivity contribution in [2.45, 2.75) is 6.54 Å². The lowest BCUT2D eigenvalue weighted by molar-refractivity contribution is -0.116. The predicted molar refractivity (Wildman–Crippen MR) is 67.2 cm³/mol. The van der Waals surface area contributed by atoms with E-state index >= 15 is 0 Å². The highest BCUT2D eigenvalue weighted by atomic mass is 79.9. The van der Waals surface area contributed by atoms with Crippen molar-refractivity contribution in [1.29, 1.82) is 0 Å². The third-order valence-electron chi connectivity index (χ3n) is 2.06. The van der Waals surface area contributed by atoms with E-state index in [1.165, 1.54) is 23.1 Å². The highest BCUT2D eigenvalue weighted by molar-refractivity contribution is 9.10. The van der Waals surface area contributed by atoms with E-state index in [9.17, 15) is 9.18 Å². The average Bonchev–Trinajstić information content (AvgIpc) is 2.69. The maximum absolute atomic E-state index is 13.2. The molecule has 0 aliphatic rings. The van der Waals surface area contributed by atoms with Gasteiger partial charge >= 0.3 is 0 Å². The van der Waals surface area contributed by atoms with Gasteiger partial charge in [0.25, 0.3) is 0 Å². The number of halogens is 2. The molecule has 1 aromatic carbocycles. The zero-order valence-corrected chi connectivity index (χ0v) is 10.7. The van der Waals surface area contributed by atoms with Gasteiger partial charge in [-0.3, -0.25) is 4.79 Å². The average molecular weight is 314 g/mol. The number of carbonyl (C=O) groups is 1. The molecule has 8 heteroatoms. The van der Waals surface area contributed by atoms with Crippen LogP contribution in [-0.2, 0) is 11.3 Å². The first-order valence-electron chi connectivity index (χ1n) is 4.94. The SMILES string of the molecule is Nc1ncn(CC(=O)Nc2ccc(Br)c(F)c2)n1. The minimum absolute atomic E-state index is 0.0398. The summed E-state index contributed by atoms with van der Waals surface area (Å²) in [6.07, 6.45) is 1.34. The van der Waals surface area contributed by atoms with Gasteiger partial charge in [-0.1, -0.05) is 0 Å². The Labute approximate surface area is 110 Å². The Morgan fingerprint density at radius 3 is 2.94 bits per heavy atom. The van der Waals surface area contributed by atoms with Gasteiger partial charge in [0.05, 0.1) is 4.47 Å². The summed E-state index contributed by atoms with van der Waals surface area (Å²) in [6.45, 7) is -0.0398. The lowest BCUT2D eigenvalue weighted by Gasteiger charge is -2.05. The zero-order chi connectivity index (χ0) is 13.1. The van der Waals surface area contributed by atoms with Crippen LogP contribution >= 0.6 is 15.9 Å². The van der Waals surface area contributed by atoms with E-state index in [-0.39, 0.29) is 18.4 Å². The molecule has 0 unspecified atom stereocenters. The summed E-state index contributed by atoms with van der Waals surface area (Å²) in [6, 6.07) is 4.32. The molecule has 94 valence electrons. The normalized spacial score (nSPS) is 10.3. The second-order valence-corrected chi connectivity index (χ2v) is 4.33. The molecule has 1 amide bonds. The maximum Gasteiger partial charge on any atom is 0.246 e. The Morgan fingerprint density at radius 1 is 1.56 bits per heavy atom. The second kappa shape index (κ2) is 5.13. The standard InChI is InChI=1S/C10H9BrFN5O/c11-7-2-1-6(3-8(7)12)15-9(18)4-17-5-14-10(13)16-17/h1-3,5H,4H2,(H2,13,16)(H,15,18). The van der Waals surface area contributed by atoms with Gasteiger partial charge in [0, 0.05) is 5.69 Å². The minimum atomic E-state index is -0.446. The van der Waals surface area contributed by atoms with Crippen LogP contribution in [0.15, 0.2) is 29.0 Å². The quantitative estimate of drug-likeness (QED) is 0.897. The third kappa shape index (κ3) is 3.04. The molecule has 0 fully saturated rings. The first kappa shape index (κ1) is 12.5. The van der Waals surface area contributed by atoms with Crippen molar-refractivity contribution in [3.05, 3.63) is 34.8 Å². The Kier molecular flexibility index (Phi) is 3.56. The van der Waals surface area contributed by atoms with E-state index in [4.69, 9.17) is 5.73 Å². The van der Waals surface area contributed by atoms with Crippen molar-refractivity contribution in [2.75, 3.05) is 11.1 Å². The van der Waals surface area contributed by atoms with Gasteiger partial charge in [-0.15, -0.1) is 5.10 Å². The Bertz CT molecular complexity index is 585. The molecule has 1 aromatic heterocycles. The molecule has 0 aliphatic carbocycles. The minimum Gasteiger partial charge on any atom is -0.367 e. The van der Waals surface area contributed by atoms with Crippen LogP contribution in [-0.4, -0.2) is 20.7 Å². The van der Waals surface area contributed by atoms with Crippen molar-refractivity contribution in [3.8, 4) is 0 Å². The number of hydrogen-bond donors (Lipinski definition) is 2. The summed E-state index contributed by atoms with van der Waals surface area (Å²) >= 11 is 3.03. The molecule has 3 N–H and O–H groups in total. The number of nitrogens with two attached hydrogens (primary N) is 1. The van der Waals surface area contributed by atoms with E-state index in [2.05, 4.69) is 31.3 Å². The van der Waals surface area contributed by atoms with Crippen LogP contribution in [0.2, 0.25) is 0 Å². The number of nitrogens with one attached hydrogen (secondary N) is 1. The second-order valence-electron chi connectivity index (χ2n) is 3.48. The molecule has 0 spiro atoms. The summed E-state index contributed by atoms with van der Waals surface area (Å²) in [4.78, 5) is 15.3. The number of aromatic nitrogens is 3. The first-order chi connectivity index (χ1) is 8.54. The van der Waals surface area contributed by atoms with Gasteiger partial charge in [-0.2, -0.15) is 0 Å². The Balaban J connectivity index is 2.00. The monoisotopic (exact) mass is 313 g/mol. The number of carbonyl (C=O) groups excluding carboxylic acids is 1. The summed E-state index contributed by atoms with van der Waals surface area (Å²) in [5.41, 5.74) is 5.68. The van der Waals surface area contributed by atoms with Crippen LogP contribution in [0.25, 0.3) is 0 Å². The molecule has 0 aliphatic heterocycles. The number of amides is 1. The molecular formula is C10H9BrFN5O. The molecule has 0 bridgehead atoms. The third-order valence-corrected chi connectivity index (χ3v) is 2.71. The predicted octanol–water partition coefficient (Wildman–Crippen LogP) is 1.40. The van der Waals surface area contributed by atoms with E-state index in [1.807, 2.05) is 0 Å². The lowest BCUT2D eigenvalue weighted by Crippen LogP contribution is -2.19. The maximum atomic E-state index is 13.2. The number of anilines is 2. The Morgan fingerprint density at radius 2 is 2.33 bits per heavy atom. The van der Waals surface area contributed by atoms with Gasteiger partial charge in [0.1, 0.15) is 18.7 Å². The molecule has 0 saturated heterocycles. The first-order valence-corrected chi connectivity index (χ1v) is 5.74. The molecule has 2 aromatic rings. The van der Waals surface area contributed by atoms with Gasteiger partial charge < -0.3 is 11.1 Å². The number of nitrogens with zero attached hydrogens (tertiary/aromatic N) is 3. The van der Waals surface area contributed by atoms with Crippen LogP contribution in [0.1, 0.15) is 0 Å². The van der Waals surface area contributed by atoms with E-state index < -0.39 is 5.82 Å². The molecule has 1 heterocycles. The summed E-state index contributed by atoms with van der Waals surface area (Å²) in [5.74, 6) is -0.697. The van der Waals surface area contributed by atoms with Crippen molar-refractivity contribution >= 4 is 33.5 Å². The molecule has 0 saturated carbocycles.